The van der Waals surface area contributed by atoms with Crippen molar-refractivity contribution in [3.63, 3.8) is 0 Å². The molecule has 1 N–H and O–H groups in total. The molecule has 0 radical (unpaired) electrons. The minimum atomic E-state index is -3.70. The molecule has 0 saturated carbocycles. The molecule has 0 aliphatic carbocycles. The van der Waals surface area contributed by atoms with E-state index in [0.717, 1.165) is 12.2 Å². The Hall–Kier alpha value is -2.66. The molecule has 40 heavy (non-hydrogen) atoms. The summed E-state index contributed by atoms with van der Waals surface area (Å²) in [5.74, 6) is 0.576. The van der Waals surface area contributed by atoms with E-state index in [9.17, 15) is 18.0 Å². The highest BCUT2D eigenvalue weighted by molar-refractivity contribution is 7.89. The van der Waals surface area contributed by atoms with Crippen LogP contribution in [0.3, 0.4) is 0 Å². The average molecular weight is 592 g/mol. The summed E-state index contributed by atoms with van der Waals surface area (Å²) in [7, 11) is -3.70. The summed E-state index contributed by atoms with van der Waals surface area (Å²) in [6, 6.07) is 13.2. The minimum Gasteiger partial charge on any atom is -0.494 e. The second-order valence-corrected chi connectivity index (χ2v) is 13.2. The van der Waals surface area contributed by atoms with Gasteiger partial charge in [0.2, 0.25) is 15.9 Å². The number of carbonyl (C=O) groups excluding carboxylic acids is 2. The van der Waals surface area contributed by atoms with Crippen LogP contribution in [0.4, 0.5) is 0 Å². The molecule has 2 heterocycles. The molecule has 2 aromatic carbocycles. The summed E-state index contributed by atoms with van der Waals surface area (Å²) in [5.41, 5.74) is -0.117. The first-order valence-electron chi connectivity index (χ1n) is 13.7. The molecule has 0 atom stereocenters. The van der Waals surface area contributed by atoms with Gasteiger partial charge < -0.3 is 19.7 Å². The number of amides is 2. The lowest BCUT2D eigenvalue weighted by molar-refractivity contribution is -0.130. The van der Waals surface area contributed by atoms with Gasteiger partial charge in [0.25, 0.3) is 5.91 Å². The van der Waals surface area contributed by atoms with Crippen LogP contribution >= 0.6 is 11.6 Å². The van der Waals surface area contributed by atoms with Crippen LogP contribution in [0.2, 0.25) is 5.02 Å². The van der Waals surface area contributed by atoms with Crippen LogP contribution < -0.4 is 10.1 Å². The maximum absolute atomic E-state index is 13.2. The molecule has 0 aromatic heterocycles. The third kappa shape index (κ3) is 7.75. The first-order valence-corrected chi connectivity index (χ1v) is 15.5. The third-order valence-electron chi connectivity index (χ3n) is 7.47. The Labute approximate surface area is 241 Å². The van der Waals surface area contributed by atoms with Crippen molar-refractivity contribution in [2.24, 2.45) is 5.41 Å². The Balaban J connectivity index is 1.22. The molecule has 11 heteroatoms. The molecule has 2 amide bonds. The van der Waals surface area contributed by atoms with E-state index in [1.165, 1.54) is 16.4 Å². The van der Waals surface area contributed by atoms with Crippen LogP contribution in [0.25, 0.3) is 0 Å². The zero-order valence-corrected chi connectivity index (χ0v) is 24.7. The van der Waals surface area contributed by atoms with Crippen LogP contribution in [0.15, 0.2) is 53.4 Å². The Morgan fingerprint density at radius 1 is 1.00 bits per heavy atom. The summed E-state index contributed by atoms with van der Waals surface area (Å²) < 4.78 is 38.9. The van der Waals surface area contributed by atoms with Crippen molar-refractivity contribution in [2.45, 2.75) is 50.5 Å². The molecule has 2 aliphatic heterocycles. The lowest BCUT2D eigenvalue weighted by Crippen LogP contribution is -2.49. The van der Waals surface area contributed by atoms with E-state index in [4.69, 9.17) is 21.1 Å². The zero-order valence-electron chi connectivity index (χ0n) is 23.1. The van der Waals surface area contributed by atoms with Gasteiger partial charge in [-0.2, -0.15) is 4.31 Å². The highest BCUT2D eigenvalue weighted by Gasteiger charge is 2.33. The van der Waals surface area contributed by atoms with Crippen molar-refractivity contribution < 1.29 is 27.5 Å². The highest BCUT2D eigenvalue weighted by Crippen LogP contribution is 2.26. The molecule has 4 rings (SSSR count). The summed E-state index contributed by atoms with van der Waals surface area (Å²) in [6.45, 7) is 7.03. The Morgan fingerprint density at radius 2 is 1.62 bits per heavy atom. The molecule has 0 unspecified atom stereocenters. The Bertz CT molecular complexity index is 1250. The van der Waals surface area contributed by atoms with Crippen molar-refractivity contribution in [2.75, 3.05) is 46.0 Å². The molecule has 9 nitrogen and oxygen atoms in total. The Morgan fingerprint density at radius 3 is 2.25 bits per heavy atom. The Kier molecular flexibility index (Phi) is 10.1. The molecular weight excluding hydrogens is 554 g/mol. The molecule has 2 fully saturated rings. The number of nitrogens with one attached hydrogen (secondary N) is 1. The van der Waals surface area contributed by atoms with E-state index in [1.807, 2.05) is 26.0 Å². The van der Waals surface area contributed by atoms with Crippen molar-refractivity contribution in [1.29, 1.82) is 0 Å². The number of nitrogens with zero attached hydrogens (tertiary/aromatic N) is 2. The molecule has 2 aromatic rings. The lowest BCUT2D eigenvalue weighted by atomic mass is 9.86. The molecule has 2 aliphatic rings. The predicted octanol–water partition coefficient (Wildman–Crippen LogP) is 3.97. The van der Waals surface area contributed by atoms with Crippen LogP contribution in [0.5, 0.6) is 5.75 Å². The van der Waals surface area contributed by atoms with E-state index in [2.05, 4.69) is 5.32 Å². The van der Waals surface area contributed by atoms with E-state index >= 15 is 0 Å². The topological polar surface area (TPSA) is 105 Å². The number of morpholine rings is 1. The highest BCUT2D eigenvalue weighted by atomic mass is 35.5. The standard InChI is InChI=1S/C29H38ClN3O6S/c1-29(2,14-3-19-39-25-8-6-23(30)7-9-25)28(35)31-24-12-15-33(16-13-24)40(36,37)26-10-4-22(5-11-26)27(34)32-17-20-38-21-18-32/h4-11,24H,3,12-21H2,1-2H3,(H,31,35). The third-order valence-corrected chi connectivity index (χ3v) is 9.63. The van der Waals surface area contributed by atoms with Crippen molar-refractivity contribution >= 4 is 33.4 Å². The number of halogens is 1. The number of rotatable bonds is 10. The van der Waals surface area contributed by atoms with Gasteiger partial charge in [-0.1, -0.05) is 25.4 Å². The minimum absolute atomic E-state index is 0.0409. The predicted molar refractivity (Wildman–Crippen MR) is 153 cm³/mol. The van der Waals surface area contributed by atoms with Crippen LogP contribution in [0, 0.1) is 5.41 Å². The van der Waals surface area contributed by atoms with Gasteiger partial charge in [-0.15, -0.1) is 0 Å². The fourth-order valence-corrected chi connectivity index (χ4v) is 6.43. The number of benzene rings is 2. The fourth-order valence-electron chi connectivity index (χ4n) is 4.84. The number of piperidine rings is 1. The maximum Gasteiger partial charge on any atom is 0.254 e. The maximum atomic E-state index is 13.2. The second-order valence-electron chi connectivity index (χ2n) is 10.9. The first kappa shape index (κ1) is 30.3. The van der Waals surface area contributed by atoms with Gasteiger partial charge in [-0.25, -0.2) is 8.42 Å². The molecule has 0 spiro atoms. The SMILES string of the molecule is CC(C)(CCCOc1ccc(Cl)cc1)C(=O)NC1CCN(S(=O)(=O)c2ccc(C(=O)N3CCOCC3)cc2)CC1. The van der Waals surface area contributed by atoms with Gasteiger partial charge in [0, 0.05) is 48.2 Å². The van der Waals surface area contributed by atoms with E-state index in [1.54, 1.807) is 29.2 Å². The van der Waals surface area contributed by atoms with Gasteiger partial charge in [0.05, 0.1) is 24.7 Å². The quantitative estimate of drug-likeness (QED) is 0.419. The van der Waals surface area contributed by atoms with Gasteiger partial charge in [0.1, 0.15) is 5.75 Å². The first-order chi connectivity index (χ1) is 19.1. The van der Waals surface area contributed by atoms with Gasteiger partial charge in [-0.05, 0) is 74.2 Å². The molecular formula is C29H38ClN3O6S. The average Bonchev–Trinajstić information content (AvgIpc) is 2.96. The second kappa shape index (κ2) is 13.3. The molecule has 0 bridgehead atoms. The normalized spacial score (nSPS) is 17.4. The number of ether oxygens (including phenoxy) is 2. The molecule has 2 saturated heterocycles. The summed E-state index contributed by atoms with van der Waals surface area (Å²) >= 11 is 5.90. The van der Waals surface area contributed by atoms with Crippen LogP contribution in [-0.2, 0) is 19.6 Å². The number of hydrogen-bond acceptors (Lipinski definition) is 6. The van der Waals surface area contributed by atoms with Crippen molar-refractivity contribution in [3.8, 4) is 5.75 Å². The van der Waals surface area contributed by atoms with Gasteiger partial charge in [-0.3, -0.25) is 9.59 Å². The van der Waals surface area contributed by atoms with Crippen molar-refractivity contribution in [3.05, 3.63) is 59.1 Å². The van der Waals surface area contributed by atoms with Crippen LogP contribution in [-0.4, -0.2) is 81.5 Å². The lowest BCUT2D eigenvalue weighted by Gasteiger charge is -2.34. The van der Waals surface area contributed by atoms with Crippen LogP contribution in [0.1, 0.15) is 49.9 Å². The van der Waals surface area contributed by atoms with E-state index in [0.29, 0.717) is 75.8 Å². The fraction of sp³-hybridized carbons (Fsp3) is 0.517. The van der Waals surface area contributed by atoms with Gasteiger partial charge in [0.15, 0.2) is 0 Å². The van der Waals surface area contributed by atoms with E-state index in [-0.39, 0.29) is 22.8 Å². The zero-order chi connectivity index (χ0) is 28.8. The number of sulfonamides is 1. The van der Waals surface area contributed by atoms with E-state index < -0.39 is 15.4 Å². The molecule has 218 valence electrons. The largest absolute Gasteiger partial charge is 0.494 e. The summed E-state index contributed by atoms with van der Waals surface area (Å²) in [6.07, 6.45) is 2.45. The monoisotopic (exact) mass is 591 g/mol. The number of hydrogen-bond donors (Lipinski definition) is 1. The summed E-state index contributed by atoms with van der Waals surface area (Å²) in [4.78, 5) is 27.5. The van der Waals surface area contributed by atoms with Crippen molar-refractivity contribution in [1.82, 2.24) is 14.5 Å². The summed E-state index contributed by atoms with van der Waals surface area (Å²) in [5, 5.41) is 3.77. The van der Waals surface area contributed by atoms with Gasteiger partial charge >= 0.3 is 0 Å². The number of carbonyl (C=O) groups is 2. The smallest absolute Gasteiger partial charge is 0.254 e.